The number of carbonyl (C=O) groups is 2. The van der Waals surface area contributed by atoms with Crippen molar-refractivity contribution < 1.29 is 14.7 Å². The van der Waals surface area contributed by atoms with Crippen LogP contribution in [0.5, 0.6) is 0 Å². The van der Waals surface area contributed by atoms with Crippen molar-refractivity contribution in [1.29, 1.82) is 0 Å². The van der Waals surface area contributed by atoms with Gasteiger partial charge in [-0.1, -0.05) is 27.7 Å². The van der Waals surface area contributed by atoms with Gasteiger partial charge in [0, 0.05) is 32.8 Å². The summed E-state index contributed by atoms with van der Waals surface area (Å²) in [6.07, 6.45) is 4.25. The molecule has 2 atom stereocenters. The molecule has 0 radical (unpaired) electrons. The van der Waals surface area contributed by atoms with Crippen LogP contribution in [0.2, 0.25) is 0 Å². The van der Waals surface area contributed by atoms with Gasteiger partial charge in [-0.2, -0.15) is 0 Å². The number of likely N-dealkylation sites (tertiary alicyclic amines) is 1. The van der Waals surface area contributed by atoms with Crippen LogP contribution in [-0.2, 0) is 9.59 Å². The predicted molar refractivity (Wildman–Crippen MR) is 107 cm³/mol. The van der Waals surface area contributed by atoms with E-state index in [1.54, 1.807) is 0 Å². The zero-order valence-electron chi connectivity index (χ0n) is 17.6. The molecule has 0 aromatic rings. The Morgan fingerprint density at radius 2 is 1.81 bits per heavy atom. The van der Waals surface area contributed by atoms with Crippen LogP contribution in [0.4, 0.5) is 0 Å². The van der Waals surface area contributed by atoms with E-state index in [-0.39, 0.29) is 30.5 Å². The first-order valence-electron chi connectivity index (χ1n) is 10.8. The van der Waals surface area contributed by atoms with Crippen LogP contribution in [0.25, 0.3) is 0 Å². The SMILES string of the molecule is CC(C)C[C@@H]1NCCN([C@@H](CC(C)C)C(=O)N2CCC(CCO)CC2)C1=O. The topological polar surface area (TPSA) is 72.9 Å². The summed E-state index contributed by atoms with van der Waals surface area (Å²) in [5, 5.41) is 12.5. The first-order chi connectivity index (χ1) is 12.8. The molecule has 2 saturated heterocycles. The van der Waals surface area contributed by atoms with Gasteiger partial charge in [0.05, 0.1) is 6.04 Å². The fraction of sp³-hybridized carbons (Fsp3) is 0.905. The lowest BCUT2D eigenvalue weighted by atomic mass is 9.92. The second kappa shape index (κ2) is 10.4. The maximum atomic E-state index is 13.3. The highest BCUT2D eigenvalue weighted by molar-refractivity contribution is 5.90. The quantitative estimate of drug-likeness (QED) is 0.673. The minimum atomic E-state index is -0.344. The van der Waals surface area contributed by atoms with Crippen molar-refractivity contribution in [2.75, 3.05) is 32.8 Å². The third-order valence-electron chi connectivity index (χ3n) is 5.85. The van der Waals surface area contributed by atoms with Gasteiger partial charge in [0.2, 0.25) is 11.8 Å². The fourth-order valence-electron chi connectivity index (χ4n) is 4.37. The molecule has 0 bridgehead atoms. The number of carbonyl (C=O) groups excluding carboxylic acids is 2. The number of aliphatic hydroxyl groups is 1. The van der Waals surface area contributed by atoms with Gasteiger partial charge in [-0.05, 0) is 49.9 Å². The minimum absolute atomic E-state index is 0.0871. The second-order valence-corrected chi connectivity index (χ2v) is 9.09. The summed E-state index contributed by atoms with van der Waals surface area (Å²) in [6, 6.07) is -0.514. The van der Waals surface area contributed by atoms with E-state index in [2.05, 4.69) is 33.0 Å². The molecule has 2 N–H and O–H groups in total. The molecule has 0 aromatic carbocycles. The molecule has 2 heterocycles. The first-order valence-corrected chi connectivity index (χ1v) is 10.8. The van der Waals surface area contributed by atoms with E-state index in [9.17, 15) is 9.59 Å². The standard InChI is InChI=1S/C21H39N3O3/c1-15(2)13-18-20(26)24(11-8-22-18)19(14-16(3)4)21(27)23-9-5-17(6-10-23)7-12-25/h15-19,22,25H,5-14H2,1-4H3/t18-,19-/m0/s1. The van der Waals surface area contributed by atoms with E-state index in [4.69, 9.17) is 5.11 Å². The predicted octanol–water partition coefficient (Wildman–Crippen LogP) is 1.87. The Morgan fingerprint density at radius 1 is 1.15 bits per heavy atom. The molecule has 0 spiro atoms. The molecule has 2 aliphatic rings. The summed E-state index contributed by atoms with van der Waals surface area (Å²) in [4.78, 5) is 30.2. The fourth-order valence-corrected chi connectivity index (χ4v) is 4.37. The molecular formula is C21H39N3O3. The largest absolute Gasteiger partial charge is 0.396 e. The zero-order chi connectivity index (χ0) is 20.0. The van der Waals surface area contributed by atoms with Crippen LogP contribution in [0.15, 0.2) is 0 Å². The molecule has 2 aliphatic heterocycles. The van der Waals surface area contributed by atoms with E-state index in [1.165, 1.54) is 0 Å². The van der Waals surface area contributed by atoms with Crippen molar-refractivity contribution in [2.24, 2.45) is 17.8 Å². The Balaban J connectivity index is 2.07. The molecule has 0 saturated carbocycles. The van der Waals surface area contributed by atoms with E-state index >= 15 is 0 Å². The van der Waals surface area contributed by atoms with Crippen molar-refractivity contribution in [3.8, 4) is 0 Å². The van der Waals surface area contributed by atoms with Gasteiger partial charge in [0.15, 0.2) is 0 Å². The summed E-state index contributed by atoms with van der Waals surface area (Å²) in [5.74, 6) is 1.51. The van der Waals surface area contributed by atoms with Gasteiger partial charge >= 0.3 is 0 Å². The minimum Gasteiger partial charge on any atom is -0.396 e. The Labute approximate surface area is 164 Å². The van der Waals surface area contributed by atoms with Crippen LogP contribution in [0.1, 0.15) is 59.8 Å². The third-order valence-corrected chi connectivity index (χ3v) is 5.85. The molecule has 0 aliphatic carbocycles. The van der Waals surface area contributed by atoms with Crippen molar-refractivity contribution in [1.82, 2.24) is 15.1 Å². The summed E-state index contributed by atoms with van der Waals surface area (Å²) < 4.78 is 0. The van der Waals surface area contributed by atoms with Crippen molar-refractivity contribution in [2.45, 2.75) is 71.9 Å². The average molecular weight is 382 g/mol. The Bertz CT molecular complexity index is 487. The smallest absolute Gasteiger partial charge is 0.245 e. The summed E-state index contributed by atoms with van der Waals surface area (Å²) in [5.41, 5.74) is 0. The molecule has 6 nitrogen and oxygen atoms in total. The zero-order valence-corrected chi connectivity index (χ0v) is 17.6. The monoisotopic (exact) mass is 381 g/mol. The molecule has 156 valence electrons. The Morgan fingerprint density at radius 3 is 2.37 bits per heavy atom. The molecular weight excluding hydrogens is 342 g/mol. The molecule has 2 amide bonds. The van der Waals surface area contributed by atoms with Gasteiger partial charge in [0.25, 0.3) is 0 Å². The van der Waals surface area contributed by atoms with Crippen molar-refractivity contribution in [3.05, 3.63) is 0 Å². The van der Waals surface area contributed by atoms with Crippen molar-refractivity contribution in [3.63, 3.8) is 0 Å². The number of nitrogens with zero attached hydrogens (tertiary/aromatic N) is 2. The summed E-state index contributed by atoms with van der Waals surface area (Å²) in [6.45, 7) is 11.6. The normalized spacial score (nSPS) is 23.4. The lowest BCUT2D eigenvalue weighted by molar-refractivity contribution is -0.150. The number of amides is 2. The van der Waals surface area contributed by atoms with Gasteiger partial charge in [-0.3, -0.25) is 9.59 Å². The van der Waals surface area contributed by atoms with Crippen LogP contribution in [0, 0.1) is 17.8 Å². The maximum Gasteiger partial charge on any atom is 0.245 e. The van der Waals surface area contributed by atoms with E-state index in [0.717, 1.165) is 51.7 Å². The number of aliphatic hydroxyl groups excluding tert-OH is 1. The highest BCUT2D eigenvalue weighted by atomic mass is 16.3. The van der Waals surface area contributed by atoms with Crippen LogP contribution in [0.3, 0.4) is 0 Å². The maximum absolute atomic E-state index is 13.3. The van der Waals surface area contributed by atoms with Crippen molar-refractivity contribution >= 4 is 11.8 Å². The average Bonchev–Trinajstić information content (AvgIpc) is 2.61. The molecule has 0 aromatic heterocycles. The number of hydrogen-bond donors (Lipinski definition) is 2. The van der Waals surface area contributed by atoms with Gasteiger partial charge in [0.1, 0.15) is 6.04 Å². The van der Waals surface area contributed by atoms with Gasteiger partial charge in [-0.15, -0.1) is 0 Å². The summed E-state index contributed by atoms with van der Waals surface area (Å²) >= 11 is 0. The third kappa shape index (κ3) is 6.18. The highest BCUT2D eigenvalue weighted by Crippen LogP contribution is 2.24. The molecule has 6 heteroatoms. The van der Waals surface area contributed by atoms with E-state index < -0.39 is 0 Å². The lowest BCUT2D eigenvalue weighted by Gasteiger charge is -2.42. The van der Waals surface area contributed by atoms with Gasteiger partial charge in [-0.25, -0.2) is 0 Å². The van der Waals surface area contributed by atoms with E-state index in [0.29, 0.717) is 24.3 Å². The first kappa shape index (κ1) is 22.2. The van der Waals surface area contributed by atoms with E-state index in [1.807, 2.05) is 9.80 Å². The summed E-state index contributed by atoms with van der Waals surface area (Å²) in [7, 11) is 0. The molecule has 2 rings (SSSR count). The number of hydrogen-bond acceptors (Lipinski definition) is 4. The number of rotatable bonds is 8. The lowest BCUT2D eigenvalue weighted by Crippen LogP contribution is -2.62. The number of nitrogens with one attached hydrogen (secondary N) is 1. The molecule has 27 heavy (non-hydrogen) atoms. The highest BCUT2D eigenvalue weighted by Gasteiger charge is 2.39. The van der Waals surface area contributed by atoms with Gasteiger partial charge < -0.3 is 20.2 Å². The number of piperidine rings is 1. The Hall–Kier alpha value is -1.14. The van der Waals surface area contributed by atoms with Crippen LogP contribution < -0.4 is 5.32 Å². The molecule has 0 unspecified atom stereocenters. The van der Waals surface area contributed by atoms with Crippen LogP contribution >= 0.6 is 0 Å². The number of piperazine rings is 1. The van der Waals surface area contributed by atoms with Crippen LogP contribution in [-0.4, -0.2) is 71.6 Å². The Kier molecular flexibility index (Phi) is 8.55. The second-order valence-electron chi connectivity index (χ2n) is 9.09. The molecule has 2 fully saturated rings.